The highest BCUT2D eigenvalue weighted by molar-refractivity contribution is 5.98. The van der Waals surface area contributed by atoms with Crippen LogP contribution in [0.25, 0.3) is 22.4 Å². The number of nitrogens with two attached hydrogens (primary N) is 1. The first kappa shape index (κ1) is 16.3. The summed E-state index contributed by atoms with van der Waals surface area (Å²) in [5, 5.41) is 34.4. The van der Waals surface area contributed by atoms with E-state index < -0.39 is 0 Å². The maximum atomic E-state index is 9.60. The highest BCUT2D eigenvalue weighted by atomic mass is 16.3. The van der Waals surface area contributed by atoms with Gasteiger partial charge in [0, 0.05) is 0 Å². The van der Waals surface area contributed by atoms with Gasteiger partial charge in [-0.1, -0.05) is 42.5 Å². The fourth-order valence-corrected chi connectivity index (χ4v) is 2.72. The van der Waals surface area contributed by atoms with Gasteiger partial charge >= 0.3 is 0 Å². The molecule has 1 heterocycles. The number of benzene rings is 2. The molecule has 0 saturated heterocycles. The molecule has 0 radical (unpaired) electrons. The molecule has 122 valence electrons. The lowest BCUT2D eigenvalue weighted by molar-refractivity contribution is 0.270. The van der Waals surface area contributed by atoms with Gasteiger partial charge in [0.05, 0.1) is 18.7 Å². The maximum absolute atomic E-state index is 9.60. The molecule has 0 aliphatic heterocycles. The Labute approximate surface area is 144 Å². The van der Waals surface area contributed by atoms with E-state index in [1.807, 2.05) is 48.5 Å². The van der Waals surface area contributed by atoms with Crippen LogP contribution >= 0.6 is 0 Å². The minimum atomic E-state index is -0.162. The average molecular weight is 329 g/mol. The first-order valence-electron chi connectivity index (χ1n) is 7.66. The summed E-state index contributed by atoms with van der Waals surface area (Å²) >= 11 is 0. The van der Waals surface area contributed by atoms with E-state index in [1.165, 1.54) is 4.68 Å². The van der Waals surface area contributed by atoms with Crippen LogP contribution in [0.2, 0.25) is 0 Å². The Morgan fingerprint density at radius 3 is 2.68 bits per heavy atom. The Kier molecular flexibility index (Phi) is 4.47. The van der Waals surface area contributed by atoms with E-state index in [9.17, 15) is 10.5 Å². The molecule has 3 rings (SSSR count). The molecule has 0 aliphatic rings. The van der Waals surface area contributed by atoms with E-state index >= 15 is 0 Å². The predicted molar refractivity (Wildman–Crippen MR) is 95.9 cm³/mol. The second-order valence-corrected chi connectivity index (χ2v) is 5.41. The van der Waals surface area contributed by atoms with Gasteiger partial charge in [-0.3, -0.25) is 0 Å². The number of nitrogens with zero attached hydrogens (tertiary/aromatic N) is 4. The number of rotatable bonds is 4. The summed E-state index contributed by atoms with van der Waals surface area (Å²) in [6.45, 7) is -0.00139. The van der Waals surface area contributed by atoms with Crippen LogP contribution in [0.5, 0.6) is 0 Å². The van der Waals surface area contributed by atoms with Gasteiger partial charge in [-0.05, 0) is 22.4 Å². The fourth-order valence-electron chi connectivity index (χ4n) is 2.72. The normalized spacial score (nSPS) is 11.2. The fraction of sp³-hybridized carbons (Fsp3) is 0.105. The Morgan fingerprint density at radius 2 is 1.96 bits per heavy atom. The van der Waals surface area contributed by atoms with Gasteiger partial charge in [0.2, 0.25) is 0 Å². The third-order valence-corrected chi connectivity index (χ3v) is 3.91. The van der Waals surface area contributed by atoms with Crippen LogP contribution in [0.3, 0.4) is 0 Å². The van der Waals surface area contributed by atoms with E-state index in [0.717, 1.165) is 16.3 Å². The molecule has 3 aromatic rings. The number of nitrogen functional groups attached to an aromatic ring is 1. The van der Waals surface area contributed by atoms with Crippen LogP contribution < -0.4 is 5.73 Å². The van der Waals surface area contributed by atoms with E-state index in [-0.39, 0.29) is 35.8 Å². The predicted octanol–water partition coefficient (Wildman–Crippen LogP) is 2.55. The SMILES string of the molecule is N#C/C(=C/c1cccc2ccccc12)c1nn(CCO)c(N)c1C#N. The number of hydrogen-bond acceptors (Lipinski definition) is 5. The first-order valence-corrected chi connectivity index (χ1v) is 7.66. The third kappa shape index (κ3) is 2.94. The van der Waals surface area contributed by atoms with Crippen molar-refractivity contribution < 1.29 is 5.11 Å². The molecule has 3 N–H and O–H groups in total. The molecule has 0 bridgehead atoms. The first-order chi connectivity index (χ1) is 12.2. The summed E-state index contributed by atoms with van der Waals surface area (Å²) in [6, 6.07) is 17.8. The zero-order valence-electron chi connectivity index (χ0n) is 13.3. The van der Waals surface area contributed by atoms with Crippen molar-refractivity contribution >= 4 is 28.2 Å². The molecule has 1 aromatic heterocycles. The molecule has 6 heteroatoms. The Bertz CT molecular complexity index is 1040. The summed E-state index contributed by atoms with van der Waals surface area (Å²) in [4.78, 5) is 0. The van der Waals surface area contributed by atoms with Crippen LogP contribution in [-0.2, 0) is 6.54 Å². The van der Waals surface area contributed by atoms with Gasteiger partial charge in [-0.2, -0.15) is 15.6 Å². The van der Waals surface area contributed by atoms with Crippen molar-refractivity contribution in [1.29, 1.82) is 10.5 Å². The number of hydrogen-bond donors (Lipinski definition) is 2. The quantitative estimate of drug-likeness (QED) is 0.714. The molecule has 0 aliphatic carbocycles. The summed E-state index contributed by atoms with van der Waals surface area (Å²) in [5.74, 6) is 0.144. The zero-order chi connectivity index (χ0) is 17.8. The van der Waals surface area contributed by atoms with Crippen LogP contribution in [-0.4, -0.2) is 21.5 Å². The van der Waals surface area contributed by atoms with Gasteiger partial charge in [0.1, 0.15) is 29.2 Å². The molecule has 2 aromatic carbocycles. The van der Waals surface area contributed by atoms with E-state index in [0.29, 0.717) is 0 Å². The highest BCUT2D eigenvalue weighted by Gasteiger charge is 2.19. The molecule has 0 saturated carbocycles. The lowest BCUT2D eigenvalue weighted by Crippen LogP contribution is -2.07. The molecule has 25 heavy (non-hydrogen) atoms. The summed E-state index contributed by atoms with van der Waals surface area (Å²) in [5.41, 5.74) is 7.38. The summed E-state index contributed by atoms with van der Waals surface area (Å²) in [6.07, 6.45) is 1.70. The topological polar surface area (TPSA) is 112 Å². The van der Waals surface area contributed by atoms with Gasteiger partial charge in [-0.25, -0.2) is 4.68 Å². The second kappa shape index (κ2) is 6.88. The number of aromatic nitrogens is 2. The average Bonchev–Trinajstić information content (AvgIpc) is 2.95. The number of allylic oxidation sites excluding steroid dienone is 1. The number of aliphatic hydroxyl groups is 1. The van der Waals surface area contributed by atoms with Crippen LogP contribution in [0.15, 0.2) is 42.5 Å². The molecular weight excluding hydrogens is 314 g/mol. The molecular formula is C19H15N5O. The minimum absolute atomic E-state index is 0.140. The Balaban J connectivity index is 2.18. The standard InChI is InChI=1S/C19H15N5O/c20-11-15(18-17(12-21)19(22)24(23-18)8-9-25)10-14-6-3-5-13-4-1-2-7-16(13)14/h1-7,10,25H,8-9,22H2/b15-10-. The van der Waals surface area contributed by atoms with Crippen LogP contribution in [0, 0.1) is 22.7 Å². The molecule has 0 spiro atoms. The second-order valence-electron chi connectivity index (χ2n) is 5.41. The summed E-state index contributed by atoms with van der Waals surface area (Å²) in [7, 11) is 0. The largest absolute Gasteiger partial charge is 0.394 e. The van der Waals surface area contributed by atoms with Crippen molar-refractivity contribution in [1.82, 2.24) is 9.78 Å². The van der Waals surface area contributed by atoms with Crippen molar-refractivity contribution in [3.63, 3.8) is 0 Å². The minimum Gasteiger partial charge on any atom is -0.394 e. The van der Waals surface area contributed by atoms with Gasteiger partial charge < -0.3 is 10.8 Å². The van der Waals surface area contributed by atoms with Crippen molar-refractivity contribution in [3.8, 4) is 12.1 Å². The molecule has 0 amide bonds. The van der Waals surface area contributed by atoms with Gasteiger partial charge in [0.25, 0.3) is 0 Å². The monoisotopic (exact) mass is 329 g/mol. The maximum Gasteiger partial charge on any atom is 0.140 e. The zero-order valence-corrected chi connectivity index (χ0v) is 13.3. The molecule has 0 atom stereocenters. The number of anilines is 1. The van der Waals surface area contributed by atoms with E-state index in [1.54, 1.807) is 6.08 Å². The number of aliphatic hydroxyl groups excluding tert-OH is 1. The summed E-state index contributed by atoms with van der Waals surface area (Å²) < 4.78 is 1.34. The van der Waals surface area contributed by atoms with Crippen LogP contribution in [0.4, 0.5) is 5.82 Å². The Morgan fingerprint density at radius 1 is 1.20 bits per heavy atom. The van der Waals surface area contributed by atoms with Crippen molar-refractivity contribution in [2.24, 2.45) is 0 Å². The Hall–Kier alpha value is -3.61. The van der Waals surface area contributed by atoms with Crippen LogP contribution in [0.1, 0.15) is 16.8 Å². The number of nitriles is 2. The third-order valence-electron chi connectivity index (χ3n) is 3.91. The molecule has 6 nitrogen and oxygen atoms in total. The van der Waals surface area contributed by atoms with E-state index in [2.05, 4.69) is 11.2 Å². The lowest BCUT2D eigenvalue weighted by Gasteiger charge is -2.03. The smallest absolute Gasteiger partial charge is 0.140 e. The van der Waals surface area contributed by atoms with Gasteiger partial charge in [0.15, 0.2) is 0 Å². The van der Waals surface area contributed by atoms with Crippen molar-refractivity contribution in [2.75, 3.05) is 12.3 Å². The number of fused-ring (bicyclic) bond motifs is 1. The van der Waals surface area contributed by atoms with Crippen molar-refractivity contribution in [3.05, 3.63) is 59.3 Å². The van der Waals surface area contributed by atoms with Gasteiger partial charge in [-0.15, -0.1) is 0 Å². The van der Waals surface area contributed by atoms with Crippen molar-refractivity contribution in [2.45, 2.75) is 6.54 Å². The molecule has 0 unspecified atom stereocenters. The highest BCUT2D eigenvalue weighted by Crippen LogP contribution is 2.27. The lowest BCUT2D eigenvalue weighted by atomic mass is 10.0. The van der Waals surface area contributed by atoms with E-state index in [4.69, 9.17) is 10.8 Å². The molecule has 0 fully saturated rings.